The molecule has 0 aliphatic heterocycles. The third-order valence-corrected chi connectivity index (χ3v) is 1.93. The second-order valence-electron chi connectivity index (χ2n) is 3.71. The fourth-order valence-electron chi connectivity index (χ4n) is 0.552. The van der Waals surface area contributed by atoms with Crippen molar-refractivity contribution in [2.75, 3.05) is 19.8 Å². The minimum Gasteiger partial charge on any atom is -0.481 e. The Bertz CT molecular complexity index is 247. The predicted molar refractivity (Wildman–Crippen MR) is 60.7 cm³/mol. The normalized spacial score (nSPS) is 12.3. The molecule has 0 amide bonds. The van der Waals surface area contributed by atoms with E-state index < -0.39 is 43.3 Å². The Morgan fingerprint density at radius 2 is 1.44 bits per heavy atom. The summed E-state index contributed by atoms with van der Waals surface area (Å²) in [4.78, 5) is 19.9. The zero-order valence-electron chi connectivity index (χ0n) is 9.82. The molecule has 1 atom stereocenters. The molecule has 0 aliphatic carbocycles. The second-order valence-corrected chi connectivity index (χ2v) is 3.71. The minimum absolute atomic E-state index is 0.0231. The number of carbonyl (C=O) groups is 2. The summed E-state index contributed by atoms with van der Waals surface area (Å²) in [7, 11) is 0. The minimum atomic E-state index is -1.21. The van der Waals surface area contributed by atoms with Gasteiger partial charge < -0.3 is 37.0 Å². The first-order valence-electron chi connectivity index (χ1n) is 5.04. The highest BCUT2D eigenvalue weighted by Gasteiger charge is 2.20. The number of carboxylic acid groups (broad SMARTS) is 2. The maximum atomic E-state index is 9.99. The van der Waals surface area contributed by atoms with Gasteiger partial charge in [-0.3, -0.25) is 9.59 Å². The van der Waals surface area contributed by atoms with E-state index in [0.29, 0.717) is 0 Å². The van der Waals surface area contributed by atoms with E-state index in [1.807, 2.05) is 0 Å². The second kappa shape index (κ2) is 9.74. The molecular formula is C9H20N2O7. The van der Waals surface area contributed by atoms with Gasteiger partial charge in [0.05, 0.1) is 25.4 Å². The van der Waals surface area contributed by atoms with E-state index in [0.717, 1.165) is 0 Å². The van der Waals surface area contributed by atoms with Crippen LogP contribution in [0.5, 0.6) is 0 Å². The molecule has 9 nitrogen and oxygen atoms in total. The Labute approximate surface area is 104 Å². The predicted octanol–water partition coefficient (Wildman–Crippen LogP) is -3.08. The molecule has 0 fully saturated rings. The van der Waals surface area contributed by atoms with Crippen LogP contribution in [0.4, 0.5) is 0 Å². The summed E-state index contributed by atoms with van der Waals surface area (Å²) < 4.78 is 0. The highest BCUT2D eigenvalue weighted by molar-refractivity contribution is 5.74. The smallest absolute Gasteiger partial charge is 0.320 e. The lowest BCUT2D eigenvalue weighted by Gasteiger charge is -2.20. The van der Waals surface area contributed by atoms with Gasteiger partial charge in [0.15, 0.2) is 0 Å². The number of aliphatic hydroxyl groups is 3. The fraction of sp³-hybridized carbons (Fsp3) is 0.778. The van der Waals surface area contributed by atoms with Crippen molar-refractivity contribution in [1.82, 2.24) is 0 Å². The number of hydrogen-bond donors (Lipinski definition) is 7. The monoisotopic (exact) mass is 268 g/mol. The van der Waals surface area contributed by atoms with Gasteiger partial charge in [-0.2, -0.15) is 0 Å². The first-order chi connectivity index (χ1) is 8.22. The van der Waals surface area contributed by atoms with Crippen LogP contribution >= 0.6 is 0 Å². The average molecular weight is 268 g/mol. The lowest BCUT2D eigenvalue weighted by Crippen LogP contribution is -2.50. The third kappa shape index (κ3) is 9.93. The molecule has 9 N–H and O–H groups in total. The van der Waals surface area contributed by atoms with Gasteiger partial charge in [0.1, 0.15) is 6.04 Å². The molecule has 0 saturated carbocycles. The van der Waals surface area contributed by atoms with Crippen LogP contribution in [0, 0.1) is 0 Å². The highest BCUT2D eigenvalue weighted by atomic mass is 16.4. The zero-order chi connectivity index (χ0) is 14.8. The zero-order valence-corrected chi connectivity index (χ0v) is 9.82. The van der Waals surface area contributed by atoms with E-state index in [9.17, 15) is 9.59 Å². The van der Waals surface area contributed by atoms with Gasteiger partial charge in [-0.15, -0.1) is 0 Å². The van der Waals surface area contributed by atoms with Gasteiger partial charge in [-0.1, -0.05) is 0 Å². The van der Waals surface area contributed by atoms with Crippen molar-refractivity contribution in [3.63, 3.8) is 0 Å². The molecule has 0 rings (SSSR count). The molecule has 0 bridgehead atoms. The highest BCUT2D eigenvalue weighted by Crippen LogP contribution is 1.94. The quantitative estimate of drug-likeness (QED) is 0.251. The molecule has 1 unspecified atom stereocenters. The van der Waals surface area contributed by atoms with E-state index in [2.05, 4.69) is 0 Å². The number of nitrogens with two attached hydrogens (primary N) is 2. The van der Waals surface area contributed by atoms with E-state index in [-0.39, 0.29) is 12.8 Å². The van der Waals surface area contributed by atoms with Crippen LogP contribution in [0.25, 0.3) is 0 Å². The van der Waals surface area contributed by atoms with Crippen molar-refractivity contribution in [2.45, 2.75) is 24.4 Å². The maximum Gasteiger partial charge on any atom is 0.320 e. The Balaban J connectivity index is 0. The van der Waals surface area contributed by atoms with Crippen LogP contribution < -0.4 is 11.5 Å². The standard InChI is InChI=1S/C5H9NO4.C4H11NO3/c6-3(5(9)10)1-2-4(7)8;5-4(1-6,2-7)3-8/h3H,1-2,6H2,(H,7,8)(H,9,10);6-8H,1-3,5H2. The Hall–Kier alpha value is -1.26. The van der Waals surface area contributed by atoms with Gasteiger partial charge in [-0.25, -0.2) is 0 Å². The molecule has 0 radical (unpaired) electrons. The van der Waals surface area contributed by atoms with Crippen molar-refractivity contribution in [1.29, 1.82) is 0 Å². The topological polar surface area (TPSA) is 187 Å². The molecule has 0 aromatic carbocycles. The number of carboxylic acids is 2. The average Bonchev–Trinajstić information content (AvgIpc) is 2.35. The van der Waals surface area contributed by atoms with E-state index >= 15 is 0 Å². The lowest BCUT2D eigenvalue weighted by atomic mass is 10.1. The van der Waals surface area contributed by atoms with Crippen LogP contribution in [0.1, 0.15) is 12.8 Å². The van der Waals surface area contributed by atoms with Crippen LogP contribution in [0.2, 0.25) is 0 Å². The van der Waals surface area contributed by atoms with Crippen molar-refractivity contribution < 1.29 is 35.1 Å². The van der Waals surface area contributed by atoms with Crippen LogP contribution in [-0.2, 0) is 9.59 Å². The SMILES string of the molecule is NC(CCC(=O)O)C(=O)O.NC(CO)(CO)CO. The molecule has 0 aliphatic rings. The number of aliphatic hydroxyl groups excluding tert-OH is 3. The van der Waals surface area contributed by atoms with Crippen LogP contribution in [0.15, 0.2) is 0 Å². The van der Waals surface area contributed by atoms with Crippen LogP contribution in [-0.4, -0.2) is 68.9 Å². The molecule has 0 aromatic rings. The molecule has 0 aromatic heterocycles. The van der Waals surface area contributed by atoms with Crippen LogP contribution in [0.3, 0.4) is 0 Å². The summed E-state index contributed by atoms with van der Waals surface area (Å²) in [5, 5.41) is 41.3. The summed E-state index contributed by atoms with van der Waals surface area (Å²) in [5.74, 6) is -2.20. The summed E-state index contributed by atoms with van der Waals surface area (Å²) >= 11 is 0. The largest absolute Gasteiger partial charge is 0.481 e. The van der Waals surface area contributed by atoms with E-state index in [1.54, 1.807) is 0 Å². The first kappa shape index (κ1) is 19.1. The molecule has 0 heterocycles. The van der Waals surface area contributed by atoms with E-state index in [1.165, 1.54) is 0 Å². The summed E-state index contributed by atoms with van der Waals surface area (Å²) in [6, 6.07) is -1.06. The number of rotatable bonds is 7. The third-order valence-electron chi connectivity index (χ3n) is 1.93. The van der Waals surface area contributed by atoms with Gasteiger partial charge in [0.2, 0.25) is 0 Å². The fourth-order valence-corrected chi connectivity index (χ4v) is 0.552. The molecule has 18 heavy (non-hydrogen) atoms. The van der Waals surface area contributed by atoms with Gasteiger partial charge in [0, 0.05) is 6.42 Å². The molecule has 0 spiro atoms. The molecular weight excluding hydrogens is 248 g/mol. The van der Waals surface area contributed by atoms with Gasteiger partial charge in [0.25, 0.3) is 0 Å². The number of hydrogen-bond acceptors (Lipinski definition) is 7. The summed E-state index contributed by atoms with van der Waals surface area (Å²) in [5.41, 5.74) is 8.94. The summed E-state index contributed by atoms with van der Waals surface area (Å²) in [6.45, 7) is -1.21. The lowest BCUT2D eigenvalue weighted by molar-refractivity contribution is -0.139. The van der Waals surface area contributed by atoms with Crippen molar-refractivity contribution in [2.24, 2.45) is 11.5 Å². The van der Waals surface area contributed by atoms with Gasteiger partial charge >= 0.3 is 11.9 Å². The Morgan fingerprint density at radius 3 is 1.61 bits per heavy atom. The van der Waals surface area contributed by atoms with E-state index in [4.69, 9.17) is 37.0 Å². The molecule has 0 saturated heterocycles. The Morgan fingerprint density at radius 1 is 1.06 bits per heavy atom. The Kier molecular flexibility index (Phi) is 10.3. The first-order valence-corrected chi connectivity index (χ1v) is 5.04. The van der Waals surface area contributed by atoms with Gasteiger partial charge in [-0.05, 0) is 6.42 Å². The van der Waals surface area contributed by atoms with Crippen molar-refractivity contribution >= 4 is 11.9 Å². The number of aliphatic carboxylic acids is 2. The molecule has 108 valence electrons. The maximum absolute atomic E-state index is 9.99. The van der Waals surface area contributed by atoms with Crippen molar-refractivity contribution in [3.8, 4) is 0 Å². The molecule has 9 heteroatoms. The summed E-state index contributed by atoms with van der Waals surface area (Å²) in [6.07, 6.45) is -0.224. The van der Waals surface area contributed by atoms with Crippen molar-refractivity contribution in [3.05, 3.63) is 0 Å².